The first-order valence-electron chi connectivity index (χ1n) is 5.78. The lowest BCUT2D eigenvalue weighted by atomic mass is 9.68. The fraction of sp³-hybridized carbons (Fsp3) is 0.417. The molecule has 0 atom stereocenters. The smallest absolute Gasteiger partial charge is 0.354 e. The number of aromatic carboxylic acids is 1. The third-order valence-electron chi connectivity index (χ3n) is 3.42. The van der Waals surface area contributed by atoms with Crippen LogP contribution in [0.2, 0.25) is 0 Å². The van der Waals surface area contributed by atoms with E-state index in [1.165, 1.54) is 18.3 Å². The molecular formula is C12H15N3O3. The van der Waals surface area contributed by atoms with Crippen molar-refractivity contribution in [1.29, 1.82) is 0 Å². The summed E-state index contributed by atoms with van der Waals surface area (Å²) < 4.78 is 0. The van der Waals surface area contributed by atoms with E-state index in [1.54, 1.807) is 0 Å². The number of anilines is 1. The van der Waals surface area contributed by atoms with Crippen molar-refractivity contribution in [2.45, 2.75) is 19.3 Å². The number of hydrogen-bond donors (Lipinski definition) is 3. The molecule has 1 amide bonds. The number of nitrogens with zero attached hydrogens (tertiary/aromatic N) is 1. The number of pyridine rings is 1. The van der Waals surface area contributed by atoms with Crippen molar-refractivity contribution in [1.82, 2.24) is 4.98 Å². The lowest BCUT2D eigenvalue weighted by Crippen LogP contribution is -2.47. The van der Waals surface area contributed by atoms with Crippen LogP contribution in [0.5, 0.6) is 0 Å². The molecular weight excluding hydrogens is 234 g/mol. The largest absolute Gasteiger partial charge is 0.477 e. The summed E-state index contributed by atoms with van der Waals surface area (Å²) >= 11 is 0. The van der Waals surface area contributed by atoms with Crippen LogP contribution in [0.3, 0.4) is 0 Å². The lowest BCUT2D eigenvalue weighted by molar-refractivity contribution is -0.129. The molecule has 0 aromatic carbocycles. The SMILES string of the molecule is NCC1(C(=O)Nc2ccc(C(=O)O)nc2)CCC1. The summed E-state index contributed by atoms with van der Waals surface area (Å²) in [7, 11) is 0. The molecule has 1 heterocycles. The zero-order valence-electron chi connectivity index (χ0n) is 9.85. The Bertz CT molecular complexity index is 460. The van der Waals surface area contributed by atoms with Gasteiger partial charge in [-0.15, -0.1) is 0 Å². The fourth-order valence-electron chi connectivity index (χ4n) is 1.99. The Balaban J connectivity index is 2.05. The first-order valence-corrected chi connectivity index (χ1v) is 5.78. The van der Waals surface area contributed by atoms with Crippen LogP contribution in [0.4, 0.5) is 5.69 Å². The first-order chi connectivity index (χ1) is 8.57. The summed E-state index contributed by atoms with van der Waals surface area (Å²) in [5, 5.41) is 11.4. The molecule has 1 aliphatic carbocycles. The van der Waals surface area contributed by atoms with Crippen molar-refractivity contribution in [3.05, 3.63) is 24.0 Å². The highest BCUT2D eigenvalue weighted by atomic mass is 16.4. The highest BCUT2D eigenvalue weighted by molar-refractivity contribution is 5.96. The lowest BCUT2D eigenvalue weighted by Gasteiger charge is -2.38. The predicted octanol–water partition coefficient (Wildman–Crippen LogP) is 0.847. The standard InChI is InChI=1S/C12H15N3O3/c13-7-12(4-1-5-12)11(18)15-8-2-3-9(10(16)17)14-6-8/h2-3,6H,1,4-5,7,13H2,(H,15,18)(H,16,17). The molecule has 0 bridgehead atoms. The molecule has 0 radical (unpaired) electrons. The quantitative estimate of drug-likeness (QED) is 0.733. The van der Waals surface area contributed by atoms with Crippen LogP contribution < -0.4 is 11.1 Å². The third-order valence-corrected chi connectivity index (χ3v) is 3.42. The van der Waals surface area contributed by atoms with Gasteiger partial charge in [0, 0.05) is 6.54 Å². The molecule has 0 aliphatic heterocycles. The van der Waals surface area contributed by atoms with Gasteiger partial charge in [-0.1, -0.05) is 6.42 Å². The summed E-state index contributed by atoms with van der Waals surface area (Å²) in [5.74, 6) is -1.20. The molecule has 1 fully saturated rings. The minimum absolute atomic E-state index is 0.0508. The molecule has 96 valence electrons. The highest BCUT2D eigenvalue weighted by Crippen LogP contribution is 2.40. The van der Waals surface area contributed by atoms with E-state index in [0.717, 1.165) is 19.3 Å². The second-order valence-corrected chi connectivity index (χ2v) is 4.53. The van der Waals surface area contributed by atoms with E-state index in [2.05, 4.69) is 10.3 Å². The van der Waals surface area contributed by atoms with Gasteiger partial charge in [0.2, 0.25) is 5.91 Å². The van der Waals surface area contributed by atoms with E-state index in [1.807, 2.05) is 0 Å². The second kappa shape index (κ2) is 4.73. The molecule has 1 saturated carbocycles. The van der Waals surface area contributed by atoms with Gasteiger partial charge in [0.1, 0.15) is 5.69 Å². The Morgan fingerprint density at radius 2 is 2.17 bits per heavy atom. The molecule has 1 aromatic rings. The first kappa shape index (κ1) is 12.5. The van der Waals surface area contributed by atoms with E-state index in [0.29, 0.717) is 12.2 Å². The zero-order valence-corrected chi connectivity index (χ0v) is 9.85. The van der Waals surface area contributed by atoms with E-state index in [9.17, 15) is 9.59 Å². The van der Waals surface area contributed by atoms with E-state index < -0.39 is 11.4 Å². The molecule has 0 unspecified atom stereocenters. The molecule has 18 heavy (non-hydrogen) atoms. The van der Waals surface area contributed by atoms with Crippen LogP contribution in [0.25, 0.3) is 0 Å². The monoisotopic (exact) mass is 249 g/mol. The van der Waals surface area contributed by atoms with Gasteiger partial charge in [0.05, 0.1) is 17.3 Å². The Labute approximate surface area is 104 Å². The molecule has 0 saturated heterocycles. The summed E-state index contributed by atoms with van der Waals surface area (Å²) in [5.41, 5.74) is 5.62. The molecule has 1 aromatic heterocycles. The molecule has 6 nitrogen and oxygen atoms in total. The van der Waals surface area contributed by atoms with Gasteiger partial charge in [-0.2, -0.15) is 0 Å². The van der Waals surface area contributed by atoms with Crippen LogP contribution in [-0.4, -0.2) is 28.5 Å². The Kier molecular flexibility index (Phi) is 3.29. The van der Waals surface area contributed by atoms with Gasteiger partial charge in [-0.25, -0.2) is 9.78 Å². The number of nitrogens with two attached hydrogens (primary N) is 1. The second-order valence-electron chi connectivity index (χ2n) is 4.53. The third kappa shape index (κ3) is 2.19. The van der Waals surface area contributed by atoms with Crippen molar-refractivity contribution in [2.24, 2.45) is 11.1 Å². The van der Waals surface area contributed by atoms with Crippen LogP contribution >= 0.6 is 0 Å². The number of aromatic nitrogens is 1. The Morgan fingerprint density at radius 3 is 2.56 bits per heavy atom. The van der Waals surface area contributed by atoms with Crippen LogP contribution in [0.15, 0.2) is 18.3 Å². The van der Waals surface area contributed by atoms with Gasteiger partial charge in [-0.3, -0.25) is 4.79 Å². The number of nitrogens with one attached hydrogen (secondary N) is 1. The van der Waals surface area contributed by atoms with Crippen molar-refractivity contribution in [3.8, 4) is 0 Å². The number of carboxylic acids is 1. The topological polar surface area (TPSA) is 105 Å². The minimum Gasteiger partial charge on any atom is -0.477 e. The van der Waals surface area contributed by atoms with Gasteiger partial charge in [0.25, 0.3) is 0 Å². The van der Waals surface area contributed by atoms with Crippen molar-refractivity contribution < 1.29 is 14.7 Å². The van der Waals surface area contributed by atoms with Crippen molar-refractivity contribution >= 4 is 17.6 Å². The normalized spacial score (nSPS) is 16.7. The molecule has 2 rings (SSSR count). The molecule has 1 aliphatic rings. The highest BCUT2D eigenvalue weighted by Gasteiger charge is 2.42. The predicted molar refractivity (Wildman–Crippen MR) is 65.2 cm³/mol. The van der Waals surface area contributed by atoms with Gasteiger partial charge < -0.3 is 16.2 Å². The molecule has 6 heteroatoms. The van der Waals surface area contributed by atoms with Crippen LogP contribution in [-0.2, 0) is 4.79 Å². The van der Waals surface area contributed by atoms with E-state index in [-0.39, 0.29) is 11.6 Å². The number of carbonyl (C=O) groups excluding carboxylic acids is 1. The van der Waals surface area contributed by atoms with Crippen LogP contribution in [0.1, 0.15) is 29.8 Å². The van der Waals surface area contributed by atoms with E-state index >= 15 is 0 Å². The Morgan fingerprint density at radius 1 is 1.44 bits per heavy atom. The van der Waals surface area contributed by atoms with Gasteiger partial charge in [0.15, 0.2) is 0 Å². The summed E-state index contributed by atoms with van der Waals surface area (Å²) in [6.07, 6.45) is 3.96. The fourth-order valence-corrected chi connectivity index (χ4v) is 1.99. The van der Waals surface area contributed by atoms with E-state index in [4.69, 9.17) is 10.8 Å². The maximum Gasteiger partial charge on any atom is 0.354 e. The average Bonchev–Trinajstić information content (AvgIpc) is 2.29. The van der Waals surface area contributed by atoms with Gasteiger partial charge >= 0.3 is 5.97 Å². The van der Waals surface area contributed by atoms with Crippen molar-refractivity contribution in [3.63, 3.8) is 0 Å². The minimum atomic E-state index is -1.09. The number of hydrogen-bond acceptors (Lipinski definition) is 4. The van der Waals surface area contributed by atoms with Crippen LogP contribution in [0, 0.1) is 5.41 Å². The number of carboxylic acid groups (broad SMARTS) is 1. The zero-order chi connectivity index (χ0) is 13.2. The number of rotatable bonds is 4. The summed E-state index contributed by atoms with van der Waals surface area (Å²) in [4.78, 5) is 26.4. The van der Waals surface area contributed by atoms with Gasteiger partial charge in [-0.05, 0) is 25.0 Å². The average molecular weight is 249 g/mol. The molecule has 4 N–H and O–H groups in total. The maximum atomic E-state index is 12.0. The Hall–Kier alpha value is -1.95. The maximum absolute atomic E-state index is 12.0. The summed E-state index contributed by atoms with van der Waals surface area (Å²) in [6.45, 7) is 0.333. The molecule has 0 spiro atoms. The number of carbonyl (C=O) groups is 2. The van der Waals surface area contributed by atoms with Crippen molar-refractivity contribution in [2.75, 3.05) is 11.9 Å². The number of amides is 1. The summed E-state index contributed by atoms with van der Waals surface area (Å²) in [6, 6.07) is 2.88.